The highest BCUT2D eigenvalue weighted by Gasteiger charge is 2.19. The molecule has 0 bridgehead atoms. The predicted molar refractivity (Wildman–Crippen MR) is 91.7 cm³/mol. The highest BCUT2D eigenvalue weighted by Crippen LogP contribution is 2.20. The van der Waals surface area contributed by atoms with Crippen molar-refractivity contribution in [1.29, 1.82) is 0 Å². The van der Waals surface area contributed by atoms with Gasteiger partial charge in [-0.2, -0.15) is 0 Å². The second-order valence-corrected chi connectivity index (χ2v) is 6.64. The summed E-state index contributed by atoms with van der Waals surface area (Å²) in [5.74, 6) is 0.790. The van der Waals surface area contributed by atoms with E-state index in [-0.39, 0.29) is 5.91 Å². The van der Waals surface area contributed by atoms with Crippen LogP contribution in [0.15, 0.2) is 40.4 Å². The fraction of sp³-hybridized carbons (Fsp3) is 0.294. The van der Waals surface area contributed by atoms with E-state index in [1.807, 2.05) is 23.6 Å². The molecule has 0 aliphatic rings. The van der Waals surface area contributed by atoms with Crippen molar-refractivity contribution in [2.45, 2.75) is 26.3 Å². The summed E-state index contributed by atoms with van der Waals surface area (Å²) in [5.41, 5.74) is 2.33. The third-order valence-corrected chi connectivity index (χ3v) is 4.37. The molecule has 124 valence electrons. The second kappa shape index (κ2) is 6.92. The smallest absolute Gasteiger partial charge is 0.282 e. The van der Waals surface area contributed by atoms with E-state index in [2.05, 4.69) is 29.0 Å². The fourth-order valence-corrected chi connectivity index (χ4v) is 3.11. The highest BCUT2D eigenvalue weighted by atomic mass is 32.1. The first-order valence-corrected chi connectivity index (χ1v) is 8.50. The number of rotatable bonds is 5. The van der Waals surface area contributed by atoms with Crippen molar-refractivity contribution in [1.82, 2.24) is 20.0 Å². The Morgan fingerprint density at radius 2 is 2.17 bits per heavy atom. The molecule has 3 heterocycles. The molecule has 0 unspecified atom stereocenters. The highest BCUT2D eigenvalue weighted by molar-refractivity contribution is 7.11. The molecule has 3 aromatic heterocycles. The zero-order chi connectivity index (χ0) is 17.1. The molecule has 3 aromatic rings. The summed E-state index contributed by atoms with van der Waals surface area (Å²) in [4.78, 5) is 22.7. The van der Waals surface area contributed by atoms with E-state index in [1.165, 1.54) is 11.3 Å². The molecule has 0 saturated heterocycles. The zero-order valence-electron chi connectivity index (χ0n) is 13.8. The van der Waals surface area contributed by atoms with Gasteiger partial charge in [-0.3, -0.25) is 9.78 Å². The van der Waals surface area contributed by atoms with Gasteiger partial charge in [-0.1, -0.05) is 25.1 Å². The number of hydrogen-bond acceptors (Lipinski definition) is 6. The molecular weight excluding hydrogens is 324 g/mol. The Hall–Kier alpha value is -2.54. The minimum atomic E-state index is -0.123. The monoisotopic (exact) mass is 342 g/mol. The Kier molecular flexibility index (Phi) is 4.71. The molecule has 0 N–H and O–H groups in total. The van der Waals surface area contributed by atoms with Crippen LogP contribution in [0, 0.1) is 0 Å². The lowest BCUT2D eigenvalue weighted by Gasteiger charge is -2.13. The standard InChI is InChI=1S/C17H18N4O2S/c1-11(2)15-10-24-16(19-15)17(22)21(3)9-12-8-14(20-23-12)13-6-4-5-7-18-13/h4-8,10-11H,9H2,1-3H3. The van der Waals surface area contributed by atoms with Crippen LogP contribution in [0.25, 0.3) is 11.4 Å². The van der Waals surface area contributed by atoms with Crippen LogP contribution in [-0.2, 0) is 6.54 Å². The van der Waals surface area contributed by atoms with E-state index in [0.717, 1.165) is 11.4 Å². The van der Waals surface area contributed by atoms with Gasteiger partial charge < -0.3 is 9.42 Å². The van der Waals surface area contributed by atoms with Crippen LogP contribution in [-0.4, -0.2) is 33.0 Å². The summed E-state index contributed by atoms with van der Waals surface area (Å²) in [7, 11) is 1.72. The summed E-state index contributed by atoms with van der Waals surface area (Å²) in [6, 6.07) is 7.39. The molecule has 0 aromatic carbocycles. The van der Waals surface area contributed by atoms with Crippen molar-refractivity contribution in [3.8, 4) is 11.4 Å². The first kappa shape index (κ1) is 16.3. The SMILES string of the molecule is CC(C)c1csc(C(=O)N(C)Cc2cc(-c3ccccn3)no2)n1. The van der Waals surface area contributed by atoms with Gasteiger partial charge in [-0.25, -0.2) is 4.98 Å². The Bertz CT molecular complexity index is 826. The fourth-order valence-electron chi connectivity index (χ4n) is 2.14. The largest absolute Gasteiger partial charge is 0.359 e. The molecule has 0 spiro atoms. The van der Waals surface area contributed by atoms with Gasteiger partial charge >= 0.3 is 0 Å². The van der Waals surface area contributed by atoms with Crippen LogP contribution in [0.5, 0.6) is 0 Å². The summed E-state index contributed by atoms with van der Waals surface area (Å²) >= 11 is 1.37. The lowest BCUT2D eigenvalue weighted by Crippen LogP contribution is -2.25. The van der Waals surface area contributed by atoms with Crippen molar-refractivity contribution in [3.05, 3.63) is 52.3 Å². The number of amides is 1. The van der Waals surface area contributed by atoms with Crippen molar-refractivity contribution in [2.24, 2.45) is 0 Å². The van der Waals surface area contributed by atoms with Gasteiger partial charge in [-0.15, -0.1) is 11.3 Å². The molecule has 0 aliphatic heterocycles. The van der Waals surface area contributed by atoms with E-state index in [0.29, 0.717) is 28.9 Å². The number of carbonyl (C=O) groups excluding carboxylic acids is 1. The molecule has 3 rings (SSSR count). The first-order valence-electron chi connectivity index (χ1n) is 7.62. The number of nitrogens with zero attached hydrogens (tertiary/aromatic N) is 4. The Morgan fingerprint density at radius 3 is 2.83 bits per heavy atom. The summed E-state index contributed by atoms with van der Waals surface area (Å²) < 4.78 is 5.32. The van der Waals surface area contributed by atoms with Gasteiger partial charge in [0.25, 0.3) is 5.91 Å². The van der Waals surface area contributed by atoms with Crippen molar-refractivity contribution in [3.63, 3.8) is 0 Å². The lowest BCUT2D eigenvalue weighted by molar-refractivity contribution is 0.0771. The lowest BCUT2D eigenvalue weighted by atomic mass is 10.2. The molecule has 0 atom stereocenters. The van der Waals surface area contributed by atoms with Gasteiger partial charge in [0.05, 0.1) is 17.9 Å². The number of thiazole rings is 1. The molecule has 1 amide bonds. The van der Waals surface area contributed by atoms with E-state index in [9.17, 15) is 4.79 Å². The Morgan fingerprint density at radius 1 is 1.33 bits per heavy atom. The van der Waals surface area contributed by atoms with Gasteiger partial charge in [0.2, 0.25) is 0 Å². The van der Waals surface area contributed by atoms with Crippen molar-refractivity contribution in [2.75, 3.05) is 7.05 Å². The van der Waals surface area contributed by atoms with Gasteiger partial charge in [-0.05, 0) is 18.1 Å². The zero-order valence-corrected chi connectivity index (χ0v) is 14.6. The van der Waals surface area contributed by atoms with E-state index >= 15 is 0 Å². The van der Waals surface area contributed by atoms with Crippen molar-refractivity contribution < 1.29 is 9.32 Å². The number of pyridine rings is 1. The molecule has 0 radical (unpaired) electrons. The van der Waals surface area contributed by atoms with Gasteiger partial charge in [0.1, 0.15) is 5.69 Å². The quantitative estimate of drug-likeness (QED) is 0.708. The maximum Gasteiger partial charge on any atom is 0.282 e. The van der Waals surface area contributed by atoms with E-state index in [1.54, 1.807) is 24.2 Å². The maximum atomic E-state index is 12.5. The van der Waals surface area contributed by atoms with Gasteiger partial charge in [0, 0.05) is 24.7 Å². The average molecular weight is 342 g/mol. The third-order valence-electron chi connectivity index (χ3n) is 3.52. The molecule has 0 aliphatic carbocycles. The third kappa shape index (κ3) is 3.51. The molecular formula is C17H18N4O2S. The number of hydrogen-bond donors (Lipinski definition) is 0. The topological polar surface area (TPSA) is 72.1 Å². The summed E-state index contributed by atoms with van der Waals surface area (Å²) in [6.45, 7) is 4.44. The van der Waals surface area contributed by atoms with Gasteiger partial charge in [0.15, 0.2) is 10.8 Å². The number of carbonyl (C=O) groups is 1. The average Bonchev–Trinajstić information content (AvgIpc) is 3.24. The molecule has 6 nitrogen and oxygen atoms in total. The normalized spacial score (nSPS) is 11.0. The molecule has 24 heavy (non-hydrogen) atoms. The summed E-state index contributed by atoms with van der Waals surface area (Å²) in [6.07, 6.45) is 1.70. The van der Waals surface area contributed by atoms with Crippen LogP contribution < -0.4 is 0 Å². The van der Waals surface area contributed by atoms with Crippen molar-refractivity contribution >= 4 is 17.2 Å². The van der Waals surface area contributed by atoms with Crippen LogP contribution >= 0.6 is 11.3 Å². The minimum absolute atomic E-state index is 0.123. The minimum Gasteiger partial charge on any atom is -0.359 e. The van der Waals surface area contributed by atoms with Crippen LogP contribution in [0.2, 0.25) is 0 Å². The van der Waals surface area contributed by atoms with Crippen LogP contribution in [0.1, 0.15) is 41.0 Å². The van der Waals surface area contributed by atoms with Crippen LogP contribution in [0.4, 0.5) is 0 Å². The summed E-state index contributed by atoms with van der Waals surface area (Å²) in [5, 5.41) is 6.43. The number of aromatic nitrogens is 3. The maximum absolute atomic E-state index is 12.5. The molecule has 7 heteroatoms. The predicted octanol–water partition coefficient (Wildman–Crippen LogP) is 3.59. The second-order valence-electron chi connectivity index (χ2n) is 5.79. The molecule has 0 saturated carbocycles. The molecule has 0 fully saturated rings. The van der Waals surface area contributed by atoms with Crippen LogP contribution in [0.3, 0.4) is 0 Å². The van der Waals surface area contributed by atoms with E-state index in [4.69, 9.17) is 4.52 Å². The van der Waals surface area contributed by atoms with E-state index < -0.39 is 0 Å². The Balaban J connectivity index is 1.69. The first-order chi connectivity index (χ1) is 11.5. The Labute approximate surface area is 144 Å².